The van der Waals surface area contributed by atoms with E-state index in [1.165, 1.54) is 28.6 Å². The summed E-state index contributed by atoms with van der Waals surface area (Å²) >= 11 is 0. The van der Waals surface area contributed by atoms with Crippen LogP contribution in [0.2, 0.25) is 0 Å². The van der Waals surface area contributed by atoms with Crippen LogP contribution in [0.5, 0.6) is 5.75 Å². The number of hydrogen-bond acceptors (Lipinski definition) is 6. The van der Waals surface area contributed by atoms with Gasteiger partial charge in [0.1, 0.15) is 5.75 Å². The first-order chi connectivity index (χ1) is 15.7. The van der Waals surface area contributed by atoms with E-state index in [4.69, 9.17) is 4.74 Å². The molecule has 0 spiro atoms. The molecule has 9 nitrogen and oxygen atoms in total. The van der Waals surface area contributed by atoms with Crippen LogP contribution < -0.4 is 15.0 Å². The highest BCUT2D eigenvalue weighted by atomic mass is 32.2. The Morgan fingerprint density at radius 1 is 1.03 bits per heavy atom. The standard InChI is InChI=1S/C23H27N3O6S/c1-4-25(5-2)33(30,31)18-10-11-20(32-6-3)19(15-18)24-23(29)16-8-7-9-17(14-16)26-21(27)12-13-22(26)28/h7-11,14-15H,4-6,12-13H2,1-3H3,(H,24,29). The van der Waals surface area contributed by atoms with Crippen LogP contribution >= 0.6 is 0 Å². The number of benzene rings is 2. The van der Waals surface area contributed by atoms with Crippen molar-refractivity contribution in [3.63, 3.8) is 0 Å². The Hall–Kier alpha value is -3.24. The molecule has 33 heavy (non-hydrogen) atoms. The van der Waals surface area contributed by atoms with E-state index >= 15 is 0 Å². The van der Waals surface area contributed by atoms with Gasteiger partial charge in [0, 0.05) is 31.5 Å². The van der Waals surface area contributed by atoms with E-state index in [1.54, 1.807) is 39.0 Å². The Morgan fingerprint density at radius 2 is 1.70 bits per heavy atom. The third kappa shape index (κ3) is 5.07. The van der Waals surface area contributed by atoms with E-state index in [1.807, 2.05) is 0 Å². The molecule has 0 saturated carbocycles. The predicted molar refractivity (Wildman–Crippen MR) is 124 cm³/mol. The second-order valence-electron chi connectivity index (χ2n) is 7.31. The Labute approximate surface area is 193 Å². The van der Waals surface area contributed by atoms with Crippen LogP contribution in [-0.4, -0.2) is 50.1 Å². The first-order valence-electron chi connectivity index (χ1n) is 10.8. The SMILES string of the molecule is CCOc1ccc(S(=O)(=O)N(CC)CC)cc1NC(=O)c1cccc(N2C(=O)CCC2=O)c1. The minimum absolute atomic E-state index is 0.0342. The van der Waals surface area contributed by atoms with Crippen LogP contribution in [0.25, 0.3) is 0 Å². The summed E-state index contributed by atoms with van der Waals surface area (Å²) in [5.41, 5.74) is 0.728. The van der Waals surface area contributed by atoms with Crippen LogP contribution in [0.3, 0.4) is 0 Å². The number of ether oxygens (including phenoxy) is 1. The maximum absolute atomic E-state index is 13.0. The maximum Gasteiger partial charge on any atom is 0.255 e. The molecule has 10 heteroatoms. The number of amides is 3. The molecular formula is C23H27N3O6S. The molecule has 0 aliphatic carbocycles. The van der Waals surface area contributed by atoms with Crippen molar-refractivity contribution in [3.8, 4) is 5.75 Å². The van der Waals surface area contributed by atoms with Gasteiger partial charge in [-0.3, -0.25) is 19.3 Å². The fourth-order valence-electron chi connectivity index (χ4n) is 3.61. The molecule has 0 unspecified atom stereocenters. The molecule has 3 rings (SSSR count). The average Bonchev–Trinajstić information content (AvgIpc) is 3.13. The molecule has 1 N–H and O–H groups in total. The molecule has 3 amide bonds. The average molecular weight is 474 g/mol. The number of carbonyl (C=O) groups is 3. The highest BCUT2D eigenvalue weighted by molar-refractivity contribution is 7.89. The zero-order chi connectivity index (χ0) is 24.2. The summed E-state index contributed by atoms with van der Waals surface area (Å²) in [5.74, 6) is -0.837. The molecule has 0 atom stereocenters. The highest BCUT2D eigenvalue weighted by Crippen LogP contribution is 2.30. The largest absolute Gasteiger partial charge is 0.492 e. The number of hydrogen-bond donors (Lipinski definition) is 1. The van der Waals surface area contributed by atoms with Crippen LogP contribution in [0.4, 0.5) is 11.4 Å². The van der Waals surface area contributed by atoms with Gasteiger partial charge in [-0.25, -0.2) is 8.42 Å². The number of imide groups is 1. The van der Waals surface area contributed by atoms with Crippen LogP contribution in [0.15, 0.2) is 47.4 Å². The lowest BCUT2D eigenvalue weighted by atomic mass is 10.1. The summed E-state index contributed by atoms with van der Waals surface area (Å²) < 4.78 is 32.7. The van der Waals surface area contributed by atoms with Crippen molar-refractivity contribution >= 4 is 39.1 Å². The normalized spacial score (nSPS) is 14.1. The fourth-order valence-corrected chi connectivity index (χ4v) is 5.09. The van der Waals surface area contributed by atoms with E-state index in [2.05, 4.69) is 5.32 Å². The molecule has 1 fully saturated rings. The number of carbonyl (C=O) groups excluding carboxylic acids is 3. The zero-order valence-corrected chi connectivity index (χ0v) is 19.6. The van der Waals surface area contributed by atoms with Crippen LogP contribution in [0, 0.1) is 0 Å². The van der Waals surface area contributed by atoms with Gasteiger partial charge in [-0.1, -0.05) is 19.9 Å². The van der Waals surface area contributed by atoms with Gasteiger partial charge in [-0.15, -0.1) is 0 Å². The number of anilines is 2. The second-order valence-corrected chi connectivity index (χ2v) is 9.25. The minimum atomic E-state index is -3.74. The molecule has 0 radical (unpaired) electrons. The van der Waals surface area contributed by atoms with Crippen molar-refractivity contribution < 1.29 is 27.5 Å². The topological polar surface area (TPSA) is 113 Å². The number of nitrogens with zero attached hydrogens (tertiary/aromatic N) is 2. The lowest BCUT2D eigenvalue weighted by Gasteiger charge is -2.20. The second kappa shape index (κ2) is 10.1. The minimum Gasteiger partial charge on any atom is -0.492 e. The Bertz CT molecular complexity index is 1160. The predicted octanol–water partition coefficient (Wildman–Crippen LogP) is 3.02. The first kappa shape index (κ1) is 24.4. The number of nitrogens with one attached hydrogen (secondary N) is 1. The van der Waals surface area contributed by atoms with Gasteiger partial charge < -0.3 is 10.1 Å². The molecule has 1 aliphatic rings. The van der Waals surface area contributed by atoms with Gasteiger partial charge in [0.05, 0.1) is 22.9 Å². The van der Waals surface area contributed by atoms with Gasteiger partial charge in [0.15, 0.2) is 0 Å². The first-order valence-corrected chi connectivity index (χ1v) is 12.2. The van der Waals surface area contributed by atoms with E-state index in [-0.39, 0.29) is 40.8 Å². The lowest BCUT2D eigenvalue weighted by molar-refractivity contribution is -0.121. The third-order valence-electron chi connectivity index (χ3n) is 5.26. The zero-order valence-electron chi connectivity index (χ0n) is 18.8. The molecule has 1 heterocycles. The van der Waals surface area contributed by atoms with Gasteiger partial charge in [0.2, 0.25) is 21.8 Å². The summed E-state index contributed by atoms with van der Waals surface area (Å²) in [6, 6.07) is 10.5. The highest BCUT2D eigenvalue weighted by Gasteiger charge is 2.30. The van der Waals surface area contributed by atoms with Crippen molar-refractivity contribution in [2.24, 2.45) is 0 Å². The molecular weight excluding hydrogens is 446 g/mol. The molecule has 2 aromatic carbocycles. The molecule has 0 bridgehead atoms. The Kier molecular flexibility index (Phi) is 7.50. The van der Waals surface area contributed by atoms with Crippen molar-refractivity contribution in [2.75, 3.05) is 29.9 Å². The van der Waals surface area contributed by atoms with Gasteiger partial charge in [0.25, 0.3) is 5.91 Å². The monoisotopic (exact) mass is 473 g/mol. The maximum atomic E-state index is 13.0. The van der Waals surface area contributed by atoms with Gasteiger partial charge in [-0.05, 0) is 43.3 Å². The molecule has 2 aromatic rings. The molecule has 0 aromatic heterocycles. The van der Waals surface area contributed by atoms with Crippen molar-refractivity contribution in [1.82, 2.24) is 4.31 Å². The van der Waals surface area contributed by atoms with Gasteiger partial charge in [-0.2, -0.15) is 4.31 Å². The number of sulfonamides is 1. The summed E-state index contributed by atoms with van der Waals surface area (Å²) in [6.07, 6.45) is 0.279. The third-order valence-corrected chi connectivity index (χ3v) is 7.31. The summed E-state index contributed by atoms with van der Waals surface area (Å²) in [5, 5.41) is 2.70. The van der Waals surface area contributed by atoms with E-state index in [0.29, 0.717) is 31.1 Å². The van der Waals surface area contributed by atoms with E-state index < -0.39 is 15.9 Å². The Balaban J connectivity index is 1.93. The van der Waals surface area contributed by atoms with Crippen LogP contribution in [0.1, 0.15) is 44.0 Å². The lowest BCUT2D eigenvalue weighted by Crippen LogP contribution is -2.30. The van der Waals surface area contributed by atoms with Crippen molar-refractivity contribution in [2.45, 2.75) is 38.5 Å². The summed E-state index contributed by atoms with van der Waals surface area (Å²) in [7, 11) is -3.74. The van der Waals surface area contributed by atoms with Gasteiger partial charge >= 0.3 is 0 Å². The quantitative estimate of drug-likeness (QED) is 0.560. The summed E-state index contributed by atoms with van der Waals surface area (Å²) in [4.78, 5) is 38.2. The fraction of sp³-hybridized carbons (Fsp3) is 0.348. The Morgan fingerprint density at radius 3 is 2.30 bits per heavy atom. The van der Waals surface area contributed by atoms with E-state index in [0.717, 1.165) is 4.90 Å². The van der Waals surface area contributed by atoms with Crippen LogP contribution in [-0.2, 0) is 19.6 Å². The molecule has 176 valence electrons. The summed E-state index contributed by atoms with van der Waals surface area (Å²) in [6.45, 7) is 6.23. The molecule has 1 aliphatic heterocycles. The number of rotatable bonds is 9. The molecule has 1 saturated heterocycles. The smallest absolute Gasteiger partial charge is 0.255 e. The van der Waals surface area contributed by atoms with E-state index in [9.17, 15) is 22.8 Å². The van der Waals surface area contributed by atoms with Crippen molar-refractivity contribution in [1.29, 1.82) is 0 Å². The van der Waals surface area contributed by atoms with Crippen molar-refractivity contribution in [3.05, 3.63) is 48.0 Å².